The van der Waals surface area contributed by atoms with Crippen LogP contribution < -0.4 is 11.1 Å². The van der Waals surface area contributed by atoms with Crippen LogP contribution in [-0.4, -0.2) is 21.9 Å². The van der Waals surface area contributed by atoms with E-state index in [1.165, 1.54) is 0 Å². The van der Waals surface area contributed by atoms with E-state index in [4.69, 9.17) is 5.73 Å². The number of nitrogens with zero attached hydrogens (tertiary/aromatic N) is 1. The lowest BCUT2D eigenvalue weighted by Gasteiger charge is -2.11. The zero-order valence-electron chi connectivity index (χ0n) is 11.4. The number of H-pyrrole nitrogens is 1. The molecule has 1 atom stereocenters. The van der Waals surface area contributed by atoms with Crippen molar-refractivity contribution >= 4 is 22.6 Å². The summed E-state index contributed by atoms with van der Waals surface area (Å²) in [6.45, 7) is 3.98. The molecule has 0 radical (unpaired) electrons. The maximum atomic E-state index is 11.9. The van der Waals surface area contributed by atoms with E-state index >= 15 is 0 Å². The first-order valence-electron chi connectivity index (χ1n) is 6.63. The van der Waals surface area contributed by atoms with Crippen LogP contribution in [0, 0.1) is 6.92 Å². The fraction of sp³-hybridized carbons (Fsp3) is 0.429. The first-order chi connectivity index (χ1) is 9.10. The minimum absolute atomic E-state index is 0.135. The zero-order valence-corrected chi connectivity index (χ0v) is 11.4. The van der Waals surface area contributed by atoms with Crippen molar-refractivity contribution in [1.29, 1.82) is 0 Å². The van der Waals surface area contributed by atoms with Gasteiger partial charge in [0.1, 0.15) is 5.82 Å². The van der Waals surface area contributed by atoms with Gasteiger partial charge in [0, 0.05) is 5.69 Å². The first kappa shape index (κ1) is 13.5. The number of hydrogen-bond donors (Lipinski definition) is 3. The van der Waals surface area contributed by atoms with E-state index in [0.29, 0.717) is 6.42 Å². The fourth-order valence-corrected chi connectivity index (χ4v) is 2.01. The molecule has 1 aromatic carbocycles. The second-order valence-corrected chi connectivity index (χ2v) is 4.79. The fourth-order valence-electron chi connectivity index (χ4n) is 2.01. The van der Waals surface area contributed by atoms with E-state index in [1.54, 1.807) is 0 Å². The van der Waals surface area contributed by atoms with Crippen LogP contribution in [0.1, 0.15) is 32.0 Å². The Labute approximate surface area is 112 Å². The number of imidazole rings is 1. The maximum absolute atomic E-state index is 11.9. The van der Waals surface area contributed by atoms with Gasteiger partial charge in [-0.2, -0.15) is 0 Å². The van der Waals surface area contributed by atoms with E-state index < -0.39 is 6.04 Å². The van der Waals surface area contributed by atoms with Crippen molar-refractivity contribution in [3.8, 4) is 0 Å². The van der Waals surface area contributed by atoms with Gasteiger partial charge in [-0.15, -0.1) is 0 Å². The highest BCUT2D eigenvalue weighted by Crippen LogP contribution is 2.17. The summed E-state index contributed by atoms with van der Waals surface area (Å²) in [5, 5.41) is 2.84. The highest BCUT2D eigenvalue weighted by molar-refractivity contribution is 5.96. The molecule has 1 aromatic heterocycles. The molecule has 0 saturated carbocycles. The number of amides is 1. The lowest BCUT2D eigenvalue weighted by Crippen LogP contribution is -2.35. The summed E-state index contributed by atoms with van der Waals surface area (Å²) in [5.74, 6) is 0.724. The Bertz CT molecular complexity index is 576. The number of fused-ring (bicyclic) bond motifs is 1. The van der Waals surface area contributed by atoms with Crippen LogP contribution in [-0.2, 0) is 4.79 Å². The van der Waals surface area contributed by atoms with Crippen LogP contribution in [0.15, 0.2) is 18.2 Å². The Morgan fingerprint density at radius 2 is 2.32 bits per heavy atom. The third-order valence-electron chi connectivity index (χ3n) is 3.07. The van der Waals surface area contributed by atoms with Gasteiger partial charge in [0.05, 0.1) is 17.1 Å². The van der Waals surface area contributed by atoms with Crippen molar-refractivity contribution in [3.05, 3.63) is 24.0 Å². The highest BCUT2D eigenvalue weighted by atomic mass is 16.2. The Morgan fingerprint density at radius 3 is 3.05 bits per heavy atom. The van der Waals surface area contributed by atoms with E-state index in [0.717, 1.165) is 35.4 Å². The van der Waals surface area contributed by atoms with Crippen molar-refractivity contribution in [1.82, 2.24) is 9.97 Å². The van der Waals surface area contributed by atoms with Gasteiger partial charge in [0.15, 0.2) is 0 Å². The number of benzene rings is 1. The van der Waals surface area contributed by atoms with Gasteiger partial charge < -0.3 is 16.0 Å². The van der Waals surface area contributed by atoms with Gasteiger partial charge in [-0.05, 0) is 31.5 Å². The third-order valence-corrected chi connectivity index (χ3v) is 3.07. The summed E-state index contributed by atoms with van der Waals surface area (Å²) < 4.78 is 0. The first-order valence-corrected chi connectivity index (χ1v) is 6.63. The molecule has 0 aliphatic carbocycles. The SMILES string of the molecule is CCCCC(N)C(=O)Nc1ccc2nc(C)[nH]c2c1. The summed E-state index contributed by atoms with van der Waals surface area (Å²) in [4.78, 5) is 19.4. The quantitative estimate of drug-likeness (QED) is 0.771. The van der Waals surface area contributed by atoms with E-state index in [1.807, 2.05) is 25.1 Å². The molecule has 102 valence electrons. The second kappa shape index (κ2) is 5.84. The Morgan fingerprint density at radius 1 is 1.53 bits per heavy atom. The van der Waals surface area contributed by atoms with E-state index in [-0.39, 0.29) is 5.91 Å². The molecule has 5 heteroatoms. The number of nitrogens with one attached hydrogen (secondary N) is 2. The average Bonchev–Trinajstić information content (AvgIpc) is 2.75. The minimum Gasteiger partial charge on any atom is -0.342 e. The van der Waals surface area contributed by atoms with Gasteiger partial charge in [0.25, 0.3) is 0 Å². The van der Waals surface area contributed by atoms with Crippen molar-refractivity contribution in [2.75, 3.05) is 5.32 Å². The normalized spacial score (nSPS) is 12.6. The molecule has 0 fully saturated rings. The summed E-state index contributed by atoms with van der Waals surface area (Å²) in [5.41, 5.74) is 8.39. The summed E-state index contributed by atoms with van der Waals surface area (Å²) in [7, 11) is 0. The molecule has 19 heavy (non-hydrogen) atoms. The largest absolute Gasteiger partial charge is 0.342 e. The smallest absolute Gasteiger partial charge is 0.241 e. The Kier molecular flexibility index (Phi) is 4.16. The number of carbonyl (C=O) groups excluding carboxylic acids is 1. The minimum atomic E-state index is -0.445. The van der Waals surface area contributed by atoms with Crippen LogP contribution in [0.5, 0.6) is 0 Å². The van der Waals surface area contributed by atoms with Crippen LogP contribution >= 0.6 is 0 Å². The Balaban J connectivity index is 2.06. The molecule has 0 aliphatic rings. The standard InChI is InChI=1S/C14H20N4O/c1-3-4-5-11(15)14(19)18-10-6-7-12-13(8-10)17-9(2)16-12/h6-8,11H,3-5,15H2,1-2H3,(H,16,17)(H,18,19). The molecule has 5 nitrogen and oxygen atoms in total. The molecule has 0 spiro atoms. The molecule has 2 rings (SSSR count). The molecule has 0 saturated heterocycles. The lowest BCUT2D eigenvalue weighted by molar-refractivity contribution is -0.117. The van der Waals surface area contributed by atoms with Crippen LogP contribution in [0.4, 0.5) is 5.69 Å². The van der Waals surface area contributed by atoms with Gasteiger partial charge in [-0.3, -0.25) is 4.79 Å². The molecule has 4 N–H and O–H groups in total. The van der Waals surface area contributed by atoms with Gasteiger partial charge in [-0.1, -0.05) is 19.8 Å². The number of aromatic amines is 1. The number of aromatic nitrogens is 2. The van der Waals surface area contributed by atoms with Crippen molar-refractivity contribution in [2.45, 2.75) is 39.2 Å². The molecule has 0 bridgehead atoms. The van der Waals surface area contributed by atoms with Crippen molar-refractivity contribution < 1.29 is 4.79 Å². The summed E-state index contributed by atoms with van der Waals surface area (Å²) in [6.07, 6.45) is 2.72. The van der Waals surface area contributed by atoms with Crippen molar-refractivity contribution in [2.24, 2.45) is 5.73 Å². The number of hydrogen-bond acceptors (Lipinski definition) is 3. The highest BCUT2D eigenvalue weighted by Gasteiger charge is 2.13. The number of rotatable bonds is 5. The van der Waals surface area contributed by atoms with E-state index in [9.17, 15) is 4.79 Å². The van der Waals surface area contributed by atoms with Gasteiger partial charge in [0.2, 0.25) is 5.91 Å². The average molecular weight is 260 g/mol. The molecule has 1 unspecified atom stereocenters. The van der Waals surface area contributed by atoms with Crippen molar-refractivity contribution in [3.63, 3.8) is 0 Å². The number of carbonyl (C=O) groups is 1. The summed E-state index contributed by atoms with van der Waals surface area (Å²) >= 11 is 0. The molecule has 1 amide bonds. The number of aryl methyl sites for hydroxylation is 1. The maximum Gasteiger partial charge on any atom is 0.241 e. The predicted molar refractivity (Wildman–Crippen MR) is 77.0 cm³/mol. The predicted octanol–water partition coefficient (Wildman–Crippen LogP) is 2.33. The second-order valence-electron chi connectivity index (χ2n) is 4.79. The van der Waals surface area contributed by atoms with Gasteiger partial charge in [-0.25, -0.2) is 4.98 Å². The topological polar surface area (TPSA) is 83.8 Å². The van der Waals surface area contributed by atoms with E-state index in [2.05, 4.69) is 22.2 Å². The van der Waals surface area contributed by atoms with Crippen LogP contribution in [0.2, 0.25) is 0 Å². The number of anilines is 1. The molecule has 2 aromatic rings. The summed E-state index contributed by atoms with van der Waals surface area (Å²) in [6, 6.07) is 5.15. The Hall–Kier alpha value is -1.88. The number of unbranched alkanes of at least 4 members (excludes halogenated alkanes) is 1. The van der Waals surface area contributed by atoms with Gasteiger partial charge >= 0.3 is 0 Å². The monoisotopic (exact) mass is 260 g/mol. The lowest BCUT2D eigenvalue weighted by atomic mass is 10.1. The van der Waals surface area contributed by atoms with Crippen LogP contribution in [0.3, 0.4) is 0 Å². The van der Waals surface area contributed by atoms with Crippen LogP contribution in [0.25, 0.3) is 11.0 Å². The molecule has 1 heterocycles. The molecular weight excluding hydrogens is 240 g/mol. The zero-order chi connectivity index (χ0) is 13.8. The molecular formula is C14H20N4O. The third kappa shape index (κ3) is 3.32. The number of nitrogens with two attached hydrogens (primary N) is 1. The molecule has 0 aliphatic heterocycles.